The second-order valence-corrected chi connectivity index (χ2v) is 10.3. The molecule has 0 heterocycles. The van der Waals surface area contributed by atoms with Gasteiger partial charge < -0.3 is 10.1 Å². The summed E-state index contributed by atoms with van der Waals surface area (Å²) in [5.41, 5.74) is 5.66. The van der Waals surface area contributed by atoms with E-state index in [4.69, 9.17) is 9.73 Å². The molecule has 1 atom stereocenters. The molecule has 1 aromatic rings. The fourth-order valence-corrected chi connectivity index (χ4v) is 4.24. The van der Waals surface area contributed by atoms with Crippen molar-refractivity contribution < 1.29 is 14.3 Å². The molecule has 0 aliphatic heterocycles. The Kier molecular flexibility index (Phi) is 11.1. The molecule has 1 unspecified atom stereocenters. The highest BCUT2D eigenvalue weighted by Crippen LogP contribution is 2.25. The predicted octanol–water partition coefficient (Wildman–Crippen LogP) is 6.81. The Morgan fingerprint density at radius 1 is 1.14 bits per heavy atom. The molecule has 0 amide bonds. The lowest BCUT2D eigenvalue weighted by molar-refractivity contribution is -0.152. The number of hydrogen-bond donors (Lipinski definition) is 1. The van der Waals surface area contributed by atoms with Crippen LogP contribution in [0.15, 0.2) is 46.5 Å². The number of nitrogens with one attached hydrogen (secondary N) is 1. The standard InChI is InChI=1S/C30H44N2O3/c1-9-25(16-22(7)23(8)33)28(19(2)3)32-27-17-24(15-14-21(27)6)18-31-29(20(4)5)30(34)35-26-12-10-11-13-26/h9,14-17,19-20,26,29,31H,10-13,18H2,1-8H3/b22-16-,25-9+,32-28+. The van der Waals surface area contributed by atoms with Crippen molar-refractivity contribution in [1.82, 2.24) is 5.32 Å². The van der Waals surface area contributed by atoms with Crippen LogP contribution >= 0.6 is 0 Å². The van der Waals surface area contributed by atoms with Crippen LogP contribution in [0, 0.1) is 18.8 Å². The highest BCUT2D eigenvalue weighted by atomic mass is 16.5. The molecule has 0 spiro atoms. The maximum atomic E-state index is 12.8. The predicted molar refractivity (Wildman–Crippen MR) is 145 cm³/mol. The van der Waals surface area contributed by atoms with Crippen LogP contribution in [-0.2, 0) is 20.9 Å². The number of carbonyl (C=O) groups excluding carboxylic acids is 2. The van der Waals surface area contributed by atoms with Crippen LogP contribution in [0.3, 0.4) is 0 Å². The van der Waals surface area contributed by atoms with Gasteiger partial charge in [-0.15, -0.1) is 0 Å². The van der Waals surface area contributed by atoms with Gasteiger partial charge in [-0.25, -0.2) is 0 Å². The quantitative estimate of drug-likeness (QED) is 0.164. The highest BCUT2D eigenvalue weighted by molar-refractivity contribution is 6.07. The van der Waals surface area contributed by atoms with Gasteiger partial charge in [0.2, 0.25) is 0 Å². The van der Waals surface area contributed by atoms with Crippen LogP contribution in [0.2, 0.25) is 0 Å². The number of hydrogen-bond acceptors (Lipinski definition) is 5. The van der Waals surface area contributed by atoms with Gasteiger partial charge in [0.15, 0.2) is 5.78 Å². The average molecular weight is 481 g/mol. The molecule has 1 N–H and O–H groups in total. The number of aliphatic imine (C=N–C) groups is 1. The lowest BCUT2D eigenvalue weighted by Crippen LogP contribution is -2.42. The van der Waals surface area contributed by atoms with Crippen LogP contribution < -0.4 is 5.32 Å². The Morgan fingerprint density at radius 2 is 1.80 bits per heavy atom. The Morgan fingerprint density at radius 3 is 2.34 bits per heavy atom. The van der Waals surface area contributed by atoms with Crippen molar-refractivity contribution in [2.75, 3.05) is 0 Å². The Bertz CT molecular complexity index is 979. The first-order valence-corrected chi connectivity index (χ1v) is 13.0. The fourth-order valence-electron chi connectivity index (χ4n) is 4.24. The number of Topliss-reactive ketones (excluding diaryl/α,β-unsaturated/α-hetero) is 1. The topological polar surface area (TPSA) is 67.8 Å². The van der Waals surface area contributed by atoms with Gasteiger partial charge in [-0.1, -0.05) is 45.9 Å². The minimum atomic E-state index is -0.343. The summed E-state index contributed by atoms with van der Waals surface area (Å²) in [5.74, 6) is 0.231. The van der Waals surface area contributed by atoms with E-state index in [1.54, 1.807) is 6.92 Å². The first-order valence-electron chi connectivity index (χ1n) is 13.0. The monoisotopic (exact) mass is 480 g/mol. The number of aryl methyl sites for hydroxylation is 1. The second-order valence-electron chi connectivity index (χ2n) is 10.3. The maximum absolute atomic E-state index is 12.8. The van der Waals surface area contributed by atoms with Crippen molar-refractivity contribution in [3.05, 3.63) is 52.6 Å². The van der Waals surface area contributed by atoms with E-state index in [-0.39, 0.29) is 35.7 Å². The molecular formula is C30H44N2O3. The summed E-state index contributed by atoms with van der Waals surface area (Å²) in [6, 6.07) is 5.89. The van der Waals surface area contributed by atoms with E-state index in [1.165, 1.54) is 0 Å². The zero-order valence-electron chi connectivity index (χ0n) is 22.9. The van der Waals surface area contributed by atoms with Crippen LogP contribution in [0.25, 0.3) is 0 Å². The van der Waals surface area contributed by atoms with E-state index in [0.29, 0.717) is 12.1 Å². The number of ether oxygens (including phenoxy) is 1. The van der Waals surface area contributed by atoms with Crippen molar-refractivity contribution in [3.63, 3.8) is 0 Å². The number of benzene rings is 1. The average Bonchev–Trinajstić information content (AvgIpc) is 3.30. The van der Waals surface area contributed by atoms with Gasteiger partial charge in [0.05, 0.1) is 11.4 Å². The summed E-state index contributed by atoms with van der Waals surface area (Å²) in [6.45, 7) is 16.3. The van der Waals surface area contributed by atoms with Crippen molar-refractivity contribution in [1.29, 1.82) is 0 Å². The molecule has 192 valence electrons. The molecule has 1 aliphatic rings. The third-order valence-corrected chi connectivity index (χ3v) is 6.63. The van der Waals surface area contributed by atoms with Crippen molar-refractivity contribution >= 4 is 23.2 Å². The molecule has 5 heteroatoms. The summed E-state index contributed by atoms with van der Waals surface area (Å²) < 4.78 is 5.77. The fraction of sp³-hybridized carbons (Fsp3) is 0.567. The molecule has 35 heavy (non-hydrogen) atoms. The van der Waals surface area contributed by atoms with Gasteiger partial charge in [-0.2, -0.15) is 0 Å². The number of nitrogens with zero attached hydrogens (tertiary/aromatic N) is 1. The largest absolute Gasteiger partial charge is 0.461 e. The van der Waals surface area contributed by atoms with E-state index in [0.717, 1.165) is 53.8 Å². The second kappa shape index (κ2) is 13.5. The number of carbonyl (C=O) groups is 2. The SMILES string of the molecule is C/C=C(\C=C(\C)C(C)=O)C(=N/c1cc(CNC(C(=O)OC2CCCC2)C(C)C)ccc1C)/C(C)C. The molecule has 1 aliphatic carbocycles. The van der Waals surface area contributed by atoms with Crippen molar-refractivity contribution in [2.24, 2.45) is 16.8 Å². The van der Waals surface area contributed by atoms with Crippen molar-refractivity contribution in [3.8, 4) is 0 Å². The van der Waals surface area contributed by atoms with Gasteiger partial charge in [0.1, 0.15) is 12.1 Å². The Labute approximate surface area is 212 Å². The molecule has 5 nitrogen and oxygen atoms in total. The van der Waals surface area contributed by atoms with E-state index < -0.39 is 0 Å². The van der Waals surface area contributed by atoms with Gasteiger partial charge in [-0.05, 0) is 99.6 Å². The van der Waals surface area contributed by atoms with Crippen LogP contribution in [0.1, 0.15) is 85.3 Å². The lowest BCUT2D eigenvalue weighted by atomic mass is 9.96. The zero-order valence-corrected chi connectivity index (χ0v) is 22.9. The van der Waals surface area contributed by atoms with E-state index in [1.807, 2.05) is 39.8 Å². The minimum Gasteiger partial charge on any atom is -0.461 e. The van der Waals surface area contributed by atoms with Gasteiger partial charge in [-0.3, -0.25) is 14.6 Å². The first-order chi connectivity index (χ1) is 16.5. The van der Waals surface area contributed by atoms with Crippen LogP contribution in [0.5, 0.6) is 0 Å². The summed E-state index contributed by atoms with van der Waals surface area (Å²) in [5, 5.41) is 3.42. The zero-order chi connectivity index (χ0) is 26.1. The maximum Gasteiger partial charge on any atom is 0.323 e. The minimum absolute atomic E-state index is 0.0582. The van der Waals surface area contributed by atoms with Crippen LogP contribution in [-0.4, -0.2) is 29.6 Å². The smallest absolute Gasteiger partial charge is 0.323 e. The van der Waals surface area contributed by atoms with Gasteiger partial charge >= 0.3 is 5.97 Å². The molecule has 1 aromatic carbocycles. The van der Waals surface area contributed by atoms with E-state index in [2.05, 4.69) is 44.3 Å². The number of rotatable bonds is 11. The molecule has 2 rings (SSSR count). The molecule has 0 radical (unpaired) electrons. The molecule has 1 saturated carbocycles. The molecule has 0 aromatic heterocycles. The molecule has 0 saturated heterocycles. The summed E-state index contributed by atoms with van der Waals surface area (Å²) in [4.78, 5) is 29.6. The summed E-state index contributed by atoms with van der Waals surface area (Å²) >= 11 is 0. The molecule has 1 fully saturated rings. The Balaban J connectivity index is 2.25. The van der Waals surface area contributed by atoms with Gasteiger partial charge in [0.25, 0.3) is 0 Å². The van der Waals surface area contributed by atoms with Crippen LogP contribution in [0.4, 0.5) is 5.69 Å². The van der Waals surface area contributed by atoms with Crippen molar-refractivity contribution in [2.45, 2.75) is 99.8 Å². The highest BCUT2D eigenvalue weighted by Gasteiger charge is 2.27. The lowest BCUT2D eigenvalue weighted by Gasteiger charge is -2.23. The normalized spacial score (nSPS) is 16.8. The molecule has 0 bridgehead atoms. The van der Waals surface area contributed by atoms with E-state index in [9.17, 15) is 9.59 Å². The number of ketones is 1. The molecular weight excluding hydrogens is 436 g/mol. The van der Waals surface area contributed by atoms with E-state index >= 15 is 0 Å². The number of allylic oxidation sites excluding steroid dienone is 4. The third kappa shape index (κ3) is 8.57. The third-order valence-electron chi connectivity index (χ3n) is 6.63. The summed E-state index contributed by atoms with van der Waals surface area (Å²) in [7, 11) is 0. The Hall–Kier alpha value is -2.53. The first kappa shape index (κ1) is 28.7. The van der Waals surface area contributed by atoms with Gasteiger partial charge in [0, 0.05) is 6.54 Å². The summed E-state index contributed by atoms with van der Waals surface area (Å²) in [6.07, 6.45) is 8.23. The number of esters is 1.